The predicted molar refractivity (Wildman–Crippen MR) is 79.9 cm³/mol. The lowest BCUT2D eigenvalue weighted by atomic mass is 10.1. The van der Waals surface area contributed by atoms with Crippen molar-refractivity contribution in [1.82, 2.24) is 4.90 Å². The topological polar surface area (TPSA) is 66.5 Å². The van der Waals surface area contributed by atoms with Gasteiger partial charge in [-0.15, -0.1) is 0 Å². The van der Waals surface area contributed by atoms with Crippen molar-refractivity contribution < 1.29 is 13.2 Å². The van der Waals surface area contributed by atoms with Crippen LogP contribution in [0.15, 0.2) is 18.2 Å². The van der Waals surface area contributed by atoms with Gasteiger partial charge in [0.15, 0.2) is 9.84 Å². The Labute approximate surface area is 119 Å². The van der Waals surface area contributed by atoms with Gasteiger partial charge in [-0.2, -0.15) is 0 Å². The van der Waals surface area contributed by atoms with Crippen LogP contribution in [-0.2, 0) is 9.84 Å². The van der Waals surface area contributed by atoms with E-state index in [9.17, 15) is 13.2 Å². The Kier molecular flexibility index (Phi) is 4.32. The normalized spacial score (nSPS) is 17.8. The number of nitrogens with one attached hydrogen (secondary N) is 1. The Balaban J connectivity index is 2.22. The number of hydrogen-bond donors (Lipinski definition) is 1. The highest BCUT2D eigenvalue weighted by atomic mass is 32.2. The van der Waals surface area contributed by atoms with Crippen molar-refractivity contribution in [3.05, 3.63) is 29.3 Å². The van der Waals surface area contributed by atoms with E-state index >= 15 is 0 Å². The minimum atomic E-state index is -2.97. The van der Waals surface area contributed by atoms with E-state index < -0.39 is 9.84 Å². The van der Waals surface area contributed by atoms with Crippen molar-refractivity contribution in [2.75, 3.05) is 36.5 Å². The van der Waals surface area contributed by atoms with Gasteiger partial charge in [0.05, 0.1) is 17.1 Å². The average molecular weight is 296 g/mol. The number of benzene rings is 1. The molecule has 1 heterocycles. The molecule has 0 aromatic heterocycles. The molecule has 2 rings (SSSR count). The average Bonchev–Trinajstić information content (AvgIpc) is 2.40. The fraction of sp³-hybridized carbons (Fsp3) is 0.500. The molecule has 1 N–H and O–H groups in total. The van der Waals surface area contributed by atoms with Crippen LogP contribution < -0.4 is 5.32 Å². The number of carbonyl (C=O) groups is 1. The molecule has 6 heteroatoms. The van der Waals surface area contributed by atoms with Gasteiger partial charge in [0, 0.05) is 25.3 Å². The number of nitrogens with zero attached hydrogens (tertiary/aromatic N) is 1. The molecule has 0 spiro atoms. The predicted octanol–water partition coefficient (Wildman–Crippen LogP) is 1.30. The molecule has 1 aliphatic heterocycles. The zero-order valence-corrected chi connectivity index (χ0v) is 12.7. The monoisotopic (exact) mass is 296 g/mol. The van der Waals surface area contributed by atoms with Gasteiger partial charge in [-0.1, -0.05) is 11.6 Å². The molecule has 1 saturated heterocycles. The molecule has 20 heavy (non-hydrogen) atoms. The lowest BCUT2D eigenvalue weighted by Crippen LogP contribution is -2.43. The lowest BCUT2D eigenvalue weighted by molar-refractivity contribution is 0.0771. The van der Waals surface area contributed by atoms with E-state index in [0.29, 0.717) is 5.56 Å². The van der Waals surface area contributed by atoms with E-state index in [4.69, 9.17) is 0 Å². The Morgan fingerprint density at radius 3 is 2.55 bits per heavy atom. The van der Waals surface area contributed by atoms with Crippen LogP contribution in [0.4, 0.5) is 5.69 Å². The van der Waals surface area contributed by atoms with Crippen LogP contribution in [0.25, 0.3) is 0 Å². The van der Waals surface area contributed by atoms with Crippen LogP contribution in [-0.4, -0.2) is 50.4 Å². The summed E-state index contributed by atoms with van der Waals surface area (Å²) in [6.45, 7) is 5.20. The highest BCUT2D eigenvalue weighted by molar-refractivity contribution is 7.91. The second kappa shape index (κ2) is 5.83. The van der Waals surface area contributed by atoms with E-state index in [0.717, 1.165) is 17.8 Å². The Bertz CT molecular complexity index is 597. The number of hydrogen-bond acceptors (Lipinski definition) is 4. The summed E-state index contributed by atoms with van der Waals surface area (Å²) in [5.41, 5.74) is 2.43. The molecule has 0 aliphatic carbocycles. The minimum absolute atomic E-state index is 0.0566. The highest BCUT2D eigenvalue weighted by Gasteiger charge is 2.26. The van der Waals surface area contributed by atoms with E-state index in [2.05, 4.69) is 5.32 Å². The molecule has 0 atom stereocenters. The molecule has 0 bridgehead atoms. The Hall–Kier alpha value is -1.56. The maximum atomic E-state index is 12.5. The number of aryl methyl sites for hydroxylation is 1. The van der Waals surface area contributed by atoms with Gasteiger partial charge < -0.3 is 10.2 Å². The van der Waals surface area contributed by atoms with E-state index in [1.165, 1.54) is 0 Å². The third kappa shape index (κ3) is 3.30. The second-order valence-electron chi connectivity index (χ2n) is 5.02. The highest BCUT2D eigenvalue weighted by Crippen LogP contribution is 2.20. The van der Waals surface area contributed by atoms with Gasteiger partial charge in [0.25, 0.3) is 5.91 Å². The van der Waals surface area contributed by atoms with E-state index in [1.54, 1.807) is 4.90 Å². The Morgan fingerprint density at radius 1 is 1.30 bits per heavy atom. The molecule has 5 nitrogen and oxygen atoms in total. The first-order chi connectivity index (χ1) is 9.43. The molecule has 1 aliphatic rings. The Morgan fingerprint density at radius 2 is 1.95 bits per heavy atom. The van der Waals surface area contributed by atoms with Crippen molar-refractivity contribution in [2.45, 2.75) is 13.8 Å². The third-order valence-electron chi connectivity index (χ3n) is 3.40. The van der Waals surface area contributed by atoms with Gasteiger partial charge in [0.2, 0.25) is 0 Å². The second-order valence-corrected chi connectivity index (χ2v) is 7.33. The molecular formula is C14H20N2O3S. The lowest BCUT2D eigenvalue weighted by Gasteiger charge is -2.27. The van der Waals surface area contributed by atoms with Crippen LogP contribution in [0, 0.1) is 6.92 Å². The molecule has 110 valence electrons. The summed E-state index contributed by atoms with van der Waals surface area (Å²) in [4.78, 5) is 14.2. The number of rotatable bonds is 3. The number of anilines is 1. The summed E-state index contributed by atoms with van der Waals surface area (Å²) in [6.07, 6.45) is 0. The largest absolute Gasteiger partial charge is 0.385 e. The first kappa shape index (κ1) is 14.8. The summed E-state index contributed by atoms with van der Waals surface area (Å²) in [5.74, 6) is 0.0156. The van der Waals surface area contributed by atoms with Crippen LogP contribution in [0.2, 0.25) is 0 Å². The standard InChI is InChI=1S/C14H20N2O3S/c1-3-15-13-5-4-11(2)10-12(13)14(17)16-6-8-20(18,19)9-7-16/h4-5,10,15H,3,6-9H2,1-2H3. The number of carbonyl (C=O) groups excluding carboxylic acids is 1. The summed E-state index contributed by atoms with van der Waals surface area (Å²) >= 11 is 0. The zero-order chi connectivity index (χ0) is 14.8. The van der Waals surface area contributed by atoms with Crippen LogP contribution in [0.3, 0.4) is 0 Å². The van der Waals surface area contributed by atoms with Crippen molar-refractivity contribution >= 4 is 21.4 Å². The van der Waals surface area contributed by atoms with Crippen molar-refractivity contribution in [2.24, 2.45) is 0 Å². The maximum absolute atomic E-state index is 12.5. The van der Waals surface area contributed by atoms with Crippen LogP contribution in [0.5, 0.6) is 0 Å². The molecule has 1 aromatic carbocycles. The van der Waals surface area contributed by atoms with Crippen molar-refractivity contribution in [1.29, 1.82) is 0 Å². The molecular weight excluding hydrogens is 276 g/mol. The first-order valence-corrected chi connectivity index (χ1v) is 8.59. The van der Waals surface area contributed by atoms with Crippen molar-refractivity contribution in [3.63, 3.8) is 0 Å². The van der Waals surface area contributed by atoms with Gasteiger partial charge in [-0.05, 0) is 26.0 Å². The molecule has 0 unspecified atom stereocenters. The fourth-order valence-electron chi connectivity index (χ4n) is 2.27. The maximum Gasteiger partial charge on any atom is 0.256 e. The first-order valence-electron chi connectivity index (χ1n) is 6.77. The molecule has 1 amide bonds. The number of amides is 1. The quantitative estimate of drug-likeness (QED) is 0.913. The van der Waals surface area contributed by atoms with Gasteiger partial charge in [-0.3, -0.25) is 4.79 Å². The van der Waals surface area contributed by atoms with Gasteiger partial charge in [0.1, 0.15) is 0 Å². The summed E-state index contributed by atoms with van der Waals surface area (Å²) in [6, 6.07) is 5.70. The summed E-state index contributed by atoms with van der Waals surface area (Å²) < 4.78 is 22.9. The SMILES string of the molecule is CCNc1ccc(C)cc1C(=O)N1CCS(=O)(=O)CC1. The minimum Gasteiger partial charge on any atom is -0.385 e. The van der Waals surface area contributed by atoms with Gasteiger partial charge in [-0.25, -0.2) is 8.42 Å². The van der Waals surface area contributed by atoms with Gasteiger partial charge >= 0.3 is 0 Å². The van der Waals surface area contributed by atoms with Crippen LogP contribution in [0.1, 0.15) is 22.8 Å². The van der Waals surface area contributed by atoms with E-state index in [-0.39, 0.29) is 30.5 Å². The molecule has 1 fully saturated rings. The molecule has 1 aromatic rings. The number of sulfone groups is 1. The fourth-order valence-corrected chi connectivity index (χ4v) is 3.47. The van der Waals surface area contributed by atoms with E-state index in [1.807, 2.05) is 32.0 Å². The van der Waals surface area contributed by atoms with Crippen molar-refractivity contribution in [3.8, 4) is 0 Å². The summed E-state index contributed by atoms with van der Waals surface area (Å²) in [5, 5.41) is 3.17. The third-order valence-corrected chi connectivity index (χ3v) is 5.01. The molecule has 0 radical (unpaired) electrons. The smallest absolute Gasteiger partial charge is 0.256 e. The molecule has 0 saturated carbocycles. The zero-order valence-electron chi connectivity index (χ0n) is 11.8. The van der Waals surface area contributed by atoms with Crippen LogP contribution >= 0.6 is 0 Å². The summed E-state index contributed by atoms with van der Waals surface area (Å²) in [7, 11) is -2.97.